The van der Waals surface area contributed by atoms with Gasteiger partial charge in [0.25, 0.3) is 0 Å². The van der Waals surface area contributed by atoms with E-state index in [1.165, 1.54) is 0 Å². The van der Waals surface area contributed by atoms with Gasteiger partial charge < -0.3 is 10.0 Å². The van der Waals surface area contributed by atoms with Crippen molar-refractivity contribution >= 4 is 23.6 Å². The molecule has 2 heterocycles. The highest BCUT2D eigenvalue weighted by molar-refractivity contribution is 8.00. The molecule has 2 fully saturated rings. The Morgan fingerprint density at radius 3 is 2.69 bits per heavy atom. The van der Waals surface area contributed by atoms with Crippen molar-refractivity contribution in [3.05, 3.63) is 0 Å². The lowest BCUT2D eigenvalue weighted by Gasteiger charge is -2.32. The monoisotopic (exact) mass is 243 g/mol. The first-order valence-corrected chi connectivity index (χ1v) is 6.86. The van der Waals surface area contributed by atoms with E-state index in [4.69, 9.17) is 5.11 Å². The highest BCUT2D eigenvalue weighted by Gasteiger charge is 2.33. The van der Waals surface area contributed by atoms with Gasteiger partial charge in [-0.1, -0.05) is 0 Å². The van der Waals surface area contributed by atoms with Crippen LogP contribution in [0.25, 0.3) is 0 Å². The second-order valence-electron chi connectivity index (χ2n) is 4.46. The molecule has 0 radical (unpaired) electrons. The average molecular weight is 243 g/mol. The minimum Gasteiger partial charge on any atom is -0.481 e. The van der Waals surface area contributed by atoms with Crippen LogP contribution in [0.4, 0.5) is 0 Å². The van der Waals surface area contributed by atoms with Crippen molar-refractivity contribution in [2.75, 3.05) is 18.8 Å². The maximum Gasteiger partial charge on any atom is 0.308 e. The fourth-order valence-electron chi connectivity index (χ4n) is 2.35. The van der Waals surface area contributed by atoms with Gasteiger partial charge in [-0.25, -0.2) is 0 Å². The quantitative estimate of drug-likeness (QED) is 0.792. The van der Waals surface area contributed by atoms with E-state index in [0.717, 1.165) is 31.6 Å². The molecule has 1 N–H and O–H groups in total. The zero-order valence-corrected chi connectivity index (χ0v) is 10.0. The van der Waals surface area contributed by atoms with Crippen LogP contribution in [0.2, 0.25) is 0 Å². The van der Waals surface area contributed by atoms with E-state index in [-0.39, 0.29) is 17.1 Å². The van der Waals surface area contributed by atoms with Crippen molar-refractivity contribution in [2.24, 2.45) is 5.92 Å². The van der Waals surface area contributed by atoms with Gasteiger partial charge in [0.1, 0.15) is 0 Å². The molecule has 0 aliphatic carbocycles. The SMILES string of the molecule is O=C(O)[C@@H]1CCCN(C(=O)C2CCCS2)C1. The van der Waals surface area contributed by atoms with Gasteiger partial charge in [0.15, 0.2) is 0 Å². The summed E-state index contributed by atoms with van der Waals surface area (Å²) in [5.74, 6) is 0.0983. The molecule has 2 saturated heterocycles. The zero-order valence-electron chi connectivity index (χ0n) is 9.22. The Morgan fingerprint density at radius 1 is 1.25 bits per heavy atom. The van der Waals surface area contributed by atoms with Crippen molar-refractivity contribution in [3.8, 4) is 0 Å². The van der Waals surface area contributed by atoms with Gasteiger partial charge in [-0.2, -0.15) is 0 Å². The van der Waals surface area contributed by atoms with Crippen molar-refractivity contribution in [3.63, 3.8) is 0 Å². The summed E-state index contributed by atoms with van der Waals surface area (Å²) in [6.45, 7) is 1.14. The number of carboxylic acid groups (broad SMARTS) is 1. The van der Waals surface area contributed by atoms with Crippen LogP contribution in [0, 0.1) is 5.92 Å². The standard InChI is InChI=1S/C11H17NO3S/c13-10(9-4-2-6-16-9)12-5-1-3-8(7-12)11(14)15/h8-9H,1-7H2,(H,14,15)/t8-,9?/m1/s1. The number of hydrogen-bond donors (Lipinski definition) is 1. The van der Waals surface area contributed by atoms with Gasteiger partial charge in [0.2, 0.25) is 5.91 Å². The number of thioether (sulfide) groups is 1. The molecule has 16 heavy (non-hydrogen) atoms. The Bertz CT molecular complexity index is 289. The van der Waals surface area contributed by atoms with Gasteiger partial charge >= 0.3 is 5.97 Å². The molecule has 0 bridgehead atoms. The summed E-state index contributed by atoms with van der Waals surface area (Å²) in [5.41, 5.74) is 0. The molecule has 1 amide bonds. The summed E-state index contributed by atoms with van der Waals surface area (Å²) in [7, 11) is 0. The Labute approximate surface area is 99.4 Å². The van der Waals surface area contributed by atoms with Crippen molar-refractivity contribution < 1.29 is 14.7 Å². The van der Waals surface area contributed by atoms with Crippen molar-refractivity contribution in [1.29, 1.82) is 0 Å². The molecule has 0 aromatic carbocycles. The molecule has 0 aromatic heterocycles. The summed E-state index contributed by atoms with van der Waals surface area (Å²) in [4.78, 5) is 24.7. The van der Waals surface area contributed by atoms with Gasteiger partial charge in [-0.15, -0.1) is 11.8 Å². The van der Waals surface area contributed by atoms with E-state index >= 15 is 0 Å². The van der Waals surface area contributed by atoms with Gasteiger partial charge in [-0.05, 0) is 31.4 Å². The van der Waals surface area contributed by atoms with Crippen molar-refractivity contribution in [1.82, 2.24) is 4.90 Å². The fraction of sp³-hybridized carbons (Fsp3) is 0.818. The van der Waals surface area contributed by atoms with Crippen LogP contribution >= 0.6 is 11.8 Å². The molecule has 0 saturated carbocycles. The highest BCUT2D eigenvalue weighted by atomic mass is 32.2. The number of hydrogen-bond acceptors (Lipinski definition) is 3. The van der Waals surface area contributed by atoms with Gasteiger partial charge in [0.05, 0.1) is 11.2 Å². The first-order valence-electron chi connectivity index (χ1n) is 5.81. The number of carbonyl (C=O) groups excluding carboxylic acids is 1. The number of aliphatic carboxylic acids is 1. The molecule has 4 nitrogen and oxygen atoms in total. The molecule has 2 rings (SSSR count). The molecule has 5 heteroatoms. The van der Waals surface area contributed by atoms with Crippen LogP contribution in [0.15, 0.2) is 0 Å². The summed E-state index contributed by atoms with van der Waals surface area (Å²) in [6, 6.07) is 0. The molecule has 2 atom stereocenters. The average Bonchev–Trinajstić information content (AvgIpc) is 2.81. The minimum atomic E-state index is -0.767. The van der Waals surface area contributed by atoms with E-state index in [9.17, 15) is 9.59 Å². The maximum absolute atomic E-state index is 12.1. The third kappa shape index (κ3) is 2.51. The fourth-order valence-corrected chi connectivity index (χ4v) is 3.60. The zero-order chi connectivity index (χ0) is 11.5. The Hall–Kier alpha value is -0.710. The normalized spacial score (nSPS) is 30.4. The van der Waals surface area contributed by atoms with Crippen LogP contribution in [0.3, 0.4) is 0 Å². The molecule has 0 aromatic rings. The van der Waals surface area contributed by atoms with E-state index < -0.39 is 5.97 Å². The predicted octanol–water partition coefficient (Wildman–Crippen LogP) is 1.21. The van der Waals surface area contributed by atoms with E-state index in [2.05, 4.69) is 0 Å². The van der Waals surface area contributed by atoms with Crippen LogP contribution in [0.5, 0.6) is 0 Å². The van der Waals surface area contributed by atoms with E-state index in [1.54, 1.807) is 16.7 Å². The highest BCUT2D eigenvalue weighted by Crippen LogP contribution is 2.29. The molecule has 90 valence electrons. The number of likely N-dealkylation sites (tertiary alicyclic amines) is 1. The van der Waals surface area contributed by atoms with Crippen LogP contribution in [-0.2, 0) is 9.59 Å². The number of nitrogens with zero attached hydrogens (tertiary/aromatic N) is 1. The predicted molar refractivity (Wildman–Crippen MR) is 62.4 cm³/mol. The first kappa shape index (κ1) is 11.8. The largest absolute Gasteiger partial charge is 0.481 e. The number of carboxylic acids is 1. The van der Waals surface area contributed by atoms with Gasteiger partial charge in [-0.3, -0.25) is 9.59 Å². The first-order chi connectivity index (χ1) is 7.68. The summed E-state index contributed by atoms with van der Waals surface area (Å²) < 4.78 is 0. The lowest BCUT2D eigenvalue weighted by Crippen LogP contribution is -2.45. The molecular weight excluding hydrogens is 226 g/mol. The third-order valence-corrected chi connectivity index (χ3v) is 4.65. The molecule has 1 unspecified atom stereocenters. The third-order valence-electron chi connectivity index (χ3n) is 3.29. The second-order valence-corrected chi connectivity index (χ2v) is 5.77. The molecule has 2 aliphatic heterocycles. The topological polar surface area (TPSA) is 57.6 Å². The number of carbonyl (C=O) groups is 2. The summed E-state index contributed by atoms with van der Waals surface area (Å²) in [5, 5.41) is 9.05. The van der Waals surface area contributed by atoms with Crippen LogP contribution < -0.4 is 0 Å². The van der Waals surface area contributed by atoms with Crippen LogP contribution in [-0.4, -0.2) is 46.0 Å². The van der Waals surface area contributed by atoms with Gasteiger partial charge in [0, 0.05) is 13.1 Å². The molecule has 2 aliphatic rings. The lowest BCUT2D eigenvalue weighted by molar-refractivity contribution is -0.145. The van der Waals surface area contributed by atoms with Crippen molar-refractivity contribution in [2.45, 2.75) is 30.9 Å². The lowest BCUT2D eigenvalue weighted by atomic mass is 9.98. The number of amides is 1. The maximum atomic E-state index is 12.1. The molecule has 0 spiro atoms. The Balaban J connectivity index is 1.93. The minimum absolute atomic E-state index is 0.0903. The number of piperidine rings is 1. The Morgan fingerprint density at radius 2 is 2.06 bits per heavy atom. The summed E-state index contributed by atoms with van der Waals surface area (Å²) >= 11 is 1.72. The molecular formula is C11H17NO3S. The van der Waals surface area contributed by atoms with E-state index in [1.807, 2.05) is 0 Å². The Kier molecular flexibility index (Phi) is 3.74. The summed E-state index contributed by atoms with van der Waals surface area (Å²) in [6.07, 6.45) is 3.59. The number of rotatable bonds is 2. The van der Waals surface area contributed by atoms with E-state index in [0.29, 0.717) is 13.0 Å². The smallest absolute Gasteiger partial charge is 0.308 e. The second kappa shape index (κ2) is 5.08. The van der Waals surface area contributed by atoms with Crippen LogP contribution in [0.1, 0.15) is 25.7 Å².